The van der Waals surface area contributed by atoms with Crippen molar-refractivity contribution in [2.24, 2.45) is 0 Å². The van der Waals surface area contributed by atoms with E-state index in [0.717, 1.165) is 119 Å². The van der Waals surface area contributed by atoms with Gasteiger partial charge in [0.15, 0.2) is 0 Å². The highest BCUT2D eigenvalue weighted by Gasteiger charge is 2.23. The van der Waals surface area contributed by atoms with E-state index in [1.54, 1.807) is 0 Å². The maximum Gasteiger partial charge on any atom is 0.0963 e. The molecule has 1 aliphatic carbocycles. The van der Waals surface area contributed by atoms with Gasteiger partial charge in [0.1, 0.15) is 0 Å². The molecule has 0 fully saturated rings. The Morgan fingerprint density at radius 2 is 0.789 bits per heavy atom. The Kier molecular flexibility index (Phi) is 11.8. The van der Waals surface area contributed by atoms with E-state index in [4.69, 9.17) is 20.8 Å². The van der Waals surface area contributed by atoms with Crippen LogP contribution in [-0.4, -0.2) is 41.5 Å². The Bertz CT molecular complexity index is 3720. The topological polar surface area (TPSA) is 109 Å². The number of hydrogen-bond donors (Lipinski definition) is 2. The van der Waals surface area contributed by atoms with Crippen LogP contribution in [0.2, 0.25) is 0 Å². The molecule has 6 aromatic heterocycles. The van der Waals surface area contributed by atoms with Gasteiger partial charge in [0.25, 0.3) is 0 Å². The zero-order chi connectivity index (χ0) is 48.3. The number of rotatable bonds is 8. The SMILES string of the molecule is C=CC=N.C=CC=N.c1cncc(-c2cccc(-c3ccc4c(c3)c3ncccc3n4-c3ccc4c(c3)-c3cc(-n5c6ccc(-c7cccc(-c8cccnc8)c7)cc6c6ncccc65)ccc3C4)c2)c1. The highest BCUT2D eigenvalue weighted by Crippen LogP contribution is 2.43. The van der Waals surface area contributed by atoms with Crippen LogP contribution in [-0.2, 0) is 6.42 Å². The first-order valence-electron chi connectivity index (χ1n) is 23.3. The summed E-state index contributed by atoms with van der Waals surface area (Å²) in [5.41, 5.74) is 23.0. The van der Waals surface area contributed by atoms with Crippen molar-refractivity contribution in [3.05, 3.63) is 243 Å². The average molecular weight is 915 g/mol. The lowest BCUT2D eigenvalue weighted by atomic mass is 9.99. The van der Waals surface area contributed by atoms with Crippen molar-refractivity contribution in [2.75, 3.05) is 0 Å². The monoisotopic (exact) mass is 914 g/mol. The van der Waals surface area contributed by atoms with Gasteiger partial charge in [-0.3, -0.25) is 19.9 Å². The second-order valence-electron chi connectivity index (χ2n) is 17.2. The van der Waals surface area contributed by atoms with Crippen LogP contribution >= 0.6 is 0 Å². The number of fused-ring (bicyclic) bond motifs is 9. The minimum atomic E-state index is 0.900. The molecular weight excluding hydrogens is 869 g/mol. The van der Waals surface area contributed by atoms with Gasteiger partial charge in [-0.2, -0.15) is 0 Å². The molecule has 1 aliphatic rings. The summed E-state index contributed by atoms with van der Waals surface area (Å²) < 4.78 is 4.75. The molecule has 6 aromatic carbocycles. The number of allylic oxidation sites excluding steroid dienone is 2. The minimum Gasteiger partial charge on any atom is -0.309 e. The molecule has 0 bridgehead atoms. The number of hydrogen-bond acceptors (Lipinski definition) is 6. The molecule has 8 nitrogen and oxygen atoms in total. The highest BCUT2D eigenvalue weighted by atomic mass is 15.0. The number of pyridine rings is 4. The lowest BCUT2D eigenvalue weighted by molar-refractivity contribution is 1.16. The molecule has 2 N–H and O–H groups in total. The molecule has 6 heterocycles. The Morgan fingerprint density at radius 1 is 0.394 bits per heavy atom. The predicted octanol–water partition coefficient (Wildman–Crippen LogP) is 15.3. The standard InChI is InChI=1S/C57H36N6.2C3H5N/c1-7-36(27-38(9-1)44-11-3-23-58-34-44)40-17-21-52-50(30-40)56-54(13-5-25-60-56)62(52)46-19-15-42-29-43-16-20-47(33-49(43)48(42)32-46)63-53-22-18-41(31-51(53)57-55(63)14-6-26-61-57)37-8-2-10-39(28-37)45-12-4-24-59-35-45;2*1-2-3-4/h1-28,30-35H,29H2;2*2-4H,1H2. The first-order valence-corrected chi connectivity index (χ1v) is 23.3. The molecule has 0 spiro atoms. The average Bonchev–Trinajstić information content (AvgIpc) is 4.10. The summed E-state index contributed by atoms with van der Waals surface area (Å²) >= 11 is 0. The Hall–Kier alpha value is -9.66. The van der Waals surface area contributed by atoms with Crippen LogP contribution < -0.4 is 0 Å². The van der Waals surface area contributed by atoms with Gasteiger partial charge in [0.05, 0.1) is 33.1 Å². The van der Waals surface area contributed by atoms with Gasteiger partial charge in [-0.25, -0.2) is 0 Å². The lowest BCUT2D eigenvalue weighted by Gasteiger charge is -2.13. The van der Waals surface area contributed by atoms with E-state index in [-0.39, 0.29) is 0 Å². The first kappa shape index (κ1) is 43.9. The second kappa shape index (κ2) is 19.1. The third-order valence-electron chi connectivity index (χ3n) is 13.0. The first-order chi connectivity index (χ1) is 35.0. The molecule has 71 heavy (non-hydrogen) atoms. The van der Waals surface area contributed by atoms with Crippen LogP contribution in [0.15, 0.2) is 232 Å². The largest absolute Gasteiger partial charge is 0.309 e. The third-order valence-corrected chi connectivity index (χ3v) is 13.0. The summed E-state index contributed by atoms with van der Waals surface area (Å²) in [5.74, 6) is 0. The van der Waals surface area contributed by atoms with Crippen LogP contribution in [0.25, 0.3) is 111 Å². The molecule has 0 amide bonds. The van der Waals surface area contributed by atoms with Crippen LogP contribution in [0.4, 0.5) is 0 Å². The normalized spacial score (nSPS) is 11.3. The van der Waals surface area contributed by atoms with Crippen molar-refractivity contribution in [3.8, 4) is 67.0 Å². The van der Waals surface area contributed by atoms with E-state index in [0.29, 0.717) is 0 Å². The molecular formula is C63H46N8. The number of nitrogens with zero attached hydrogens (tertiary/aromatic N) is 6. The van der Waals surface area contributed by atoms with Gasteiger partial charge in [-0.15, -0.1) is 0 Å². The summed E-state index contributed by atoms with van der Waals surface area (Å²) in [5, 5.41) is 14.7. The molecule has 338 valence electrons. The molecule has 12 aromatic rings. The van der Waals surface area contributed by atoms with Crippen LogP contribution in [0.5, 0.6) is 0 Å². The van der Waals surface area contributed by atoms with Gasteiger partial charge in [0.2, 0.25) is 0 Å². The van der Waals surface area contributed by atoms with Crippen molar-refractivity contribution in [1.29, 1.82) is 10.8 Å². The van der Waals surface area contributed by atoms with Gasteiger partial charge in [0, 0.05) is 82.9 Å². The minimum absolute atomic E-state index is 0.900. The van der Waals surface area contributed by atoms with E-state index in [1.807, 2.05) is 61.4 Å². The molecule has 0 saturated carbocycles. The van der Waals surface area contributed by atoms with Crippen molar-refractivity contribution < 1.29 is 0 Å². The van der Waals surface area contributed by atoms with E-state index in [9.17, 15) is 0 Å². The molecule has 0 unspecified atom stereocenters. The number of nitrogens with one attached hydrogen (secondary N) is 2. The maximum absolute atomic E-state index is 6.21. The molecule has 0 saturated heterocycles. The van der Waals surface area contributed by atoms with Crippen LogP contribution in [0, 0.1) is 10.8 Å². The Balaban J connectivity index is 0.000000639. The zero-order valence-electron chi connectivity index (χ0n) is 38.7. The van der Waals surface area contributed by atoms with Gasteiger partial charge in [-0.1, -0.05) is 98.1 Å². The summed E-state index contributed by atoms with van der Waals surface area (Å²) in [6.45, 7) is 6.47. The number of aromatic nitrogens is 6. The fraction of sp³-hybridized carbons (Fsp3) is 0.0159. The van der Waals surface area contributed by atoms with E-state index >= 15 is 0 Å². The third kappa shape index (κ3) is 8.19. The lowest BCUT2D eigenvalue weighted by Crippen LogP contribution is -1.96. The van der Waals surface area contributed by atoms with Crippen molar-refractivity contribution in [1.82, 2.24) is 29.1 Å². The van der Waals surface area contributed by atoms with Crippen LogP contribution in [0.3, 0.4) is 0 Å². The quantitative estimate of drug-likeness (QED) is 0.148. The maximum atomic E-state index is 6.21. The second-order valence-corrected chi connectivity index (χ2v) is 17.2. The van der Waals surface area contributed by atoms with Crippen molar-refractivity contribution in [3.63, 3.8) is 0 Å². The van der Waals surface area contributed by atoms with Crippen molar-refractivity contribution in [2.45, 2.75) is 6.42 Å². The zero-order valence-corrected chi connectivity index (χ0v) is 38.7. The van der Waals surface area contributed by atoms with Gasteiger partial charge >= 0.3 is 0 Å². The Labute approximate surface area is 411 Å². The molecule has 0 aliphatic heterocycles. The highest BCUT2D eigenvalue weighted by molar-refractivity contribution is 6.10. The fourth-order valence-electron chi connectivity index (χ4n) is 9.83. The summed E-state index contributed by atoms with van der Waals surface area (Å²) in [6.07, 6.45) is 17.3. The van der Waals surface area contributed by atoms with E-state index in [1.165, 1.54) is 34.4 Å². The van der Waals surface area contributed by atoms with E-state index in [2.05, 4.69) is 178 Å². The summed E-state index contributed by atoms with van der Waals surface area (Å²) in [4.78, 5) is 18.6. The smallest absolute Gasteiger partial charge is 0.0963 e. The van der Waals surface area contributed by atoms with Gasteiger partial charge < -0.3 is 20.0 Å². The summed E-state index contributed by atoms with van der Waals surface area (Å²) in [6, 6.07) is 61.5. The molecule has 0 radical (unpaired) electrons. The van der Waals surface area contributed by atoms with E-state index < -0.39 is 0 Å². The predicted molar refractivity (Wildman–Crippen MR) is 294 cm³/mol. The van der Waals surface area contributed by atoms with Crippen LogP contribution in [0.1, 0.15) is 11.1 Å². The Morgan fingerprint density at radius 3 is 1.20 bits per heavy atom. The van der Waals surface area contributed by atoms with Crippen molar-refractivity contribution >= 4 is 56.3 Å². The molecule has 0 atom stereocenters. The van der Waals surface area contributed by atoms with Gasteiger partial charge in [-0.05, 0) is 159 Å². The molecule has 8 heteroatoms. The number of benzene rings is 6. The molecule has 13 rings (SSSR count). The fourth-order valence-corrected chi connectivity index (χ4v) is 9.83. The summed E-state index contributed by atoms with van der Waals surface area (Å²) in [7, 11) is 0.